The highest BCUT2D eigenvalue weighted by atomic mass is 35.5. The molecule has 3 heterocycles. The van der Waals surface area contributed by atoms with Gasteiger partial charge in [-0.15, -0.1) is 11.3 Å². The smallest absolute Gasteiger partial charge is 0.340 e. The largest absolute Gasteiger partial charge is 0.479 e. The van der Waals surface area contributed by atoms with Crippen molar-refractivity contribution in [2.24, 2.45) is 0 Å². The van der Waals surface area contributed by atoms with E-state index in [4.69, 9.17) is 16.7 Å². The van der Waals surface area contributed by atoms with E-state index in [1.807, 2.05) is 0 Å². The maximum absolute atomic E-state index is 14.5. The van der Waals surface area contributed by atoms with Crippen LogP contribution in [0.4, 0.5) is 14.5 Å². The zero-order valence-electron chi connectivity index (χ0n) is 20.3. The molecular formula is C25H25ClF2N4O5S. The van der Waals surface area contributed by atoms with Crippen LogP contribution in [0.25, 0.3) is 5.69 Å². The van der Waals surface area contributed by atoms with Crippen LogP contribution in [0.1, 0.15) is 29.9 Å². The third-order valence-corrected chi connectivity index (χ3v) is 6.63. The quantitative estimate of drug-likeness (QED) is 0.361. The lowest BCUT2D eigenvalue weighted by Gasteiger charge is -2.14. The highest BCUT2D eigenvalue weighted by Gasteiger charge is 2.31. The number of aromatic nitrogens is 1. The van der Waals surface area contributed by atoms with E-state index in [2.05, 4.69) is 16.0 Å². The fourth-order valence-corrected chi connectivity index (χ4v) is 4.30. The van der Waals surface area contributed by atoms with Gasteiger partial charge in [0.2, 0.25) is 11.6 Å². The molecule has 2 atom stereocenters. The third-order valence-electron chi connectivity index (χ3n) is 5.40. The van der Waals surface area contributed by atoms with E-state index in [0.29, 0.717) is 27.9 Å². The minimum Gasteiger partial charge on any atom is -0.479 e. The number of carbonyl (C=O) groups excluding carboxylic acids is 2. The molecule has 2 amide bonds. The molecule has 4 rings (SSSR count). The second-order valence-electron chi connectivity index (χ2n) is 8.81. The molecular weight excluding hydrogens is 542 g/mol. The Bertz CT molecular complexity index is 1390. The van der Waals surface area contributed by atoms with E-state index in [9.17, 15) is 28.0 Å². The van der Waals surface area contributed by atoms with E-state index in [1.54, 1.807) is 30.3 Å². The van der Waals surface area contributed by atoms with Crippen molar-refractivity contribution >= 4 is 46.4 Å². The van der Waals surface area contributed by atoms with Crippen LogP contribution in [0.5, 0.6) is 0 Å². The van der Waals surface area contributed by atoms with Crippen molar-refractivity contribution in [3.63, 3.8) is 0 Å². The van der Waals surface area contributed by atoms with Gasteiger partial charge in [-0.3, -0.25) is 19.0 Å². The summed E-state index contributed by atoms with van der Waals surface area (Å²) in [6.45, 7) is 2.41. The monoisotopic (exact) mass is 566 g/mol. The summed E-state index contributed by atoms with van der Waals surface area (Å²) >= 11 is 7.03. The number of benzene rings is 1. The third kappa shape index (κ3) is 7.70. The minimum absolute atomic E-state index is 0.0141. The predicted molar refractivity (Wildman–Crippen MR) is 140 cm³/mol. The van der Waals surface area contributed by atoms with E-state index >= 15 is 0 Å². The Hall–Kier alpha value is -3.61. The molecule has 1 aliphatic heterocycles. The van der Waals surface area contributed by atoms with Gasteiger partial charge in [-0.2, -0.15) is 0 Å². The molecule has 3 aromatic rings. The number of carbonyl (C=O) groups is 3. The Morgan fingerprint density at radius 1 is 1.18 bits per heavy atom. The maximum Gasteiger partial charge on any atom is 0.340 e. The first-order valence-electron chi connectivity index (χ1n) is 11.4. The summed E-state index contributed by atoms with van der Waals surface area (Å²) in [6, 6.07) is 11.3. The van der Waals surface area contributed by atoms with Gasteiger partial charge in [0.15, 0.2) is 0 Å². The minimum atomic E-state index is -2.08. The number of hydrogen-bond donors (Lipinski definition) is 4. The summed E-state index contributed by atoms with van der Waals surface area (Å²) in [6.07, 6.45) is 1.91. The molecule has 38 heavy (non-hydrogen) atoms. The van der Waals surface area contributed by atoms with Gasteiger partial charge in [-0.1, -0.05) is 17.7 Å². The van der Waals surface area contributed by atoms with Crippen LogP contribution >= 0.6 is 22.9 Å². The molecule has 0 radical (unpaired) electrons. The van der Waals surface area contributed by atoms with Crippen LogP contribution in [-0.2, 0) is 9.59 Å². The molecule has 1 aromatic carbocycles. The average Bonchev–Trinajstić information content (AvgIpc) is 3.50. The van der Waals surface area contributed by atoms with Crippen molar-refractivity contribution in [3.8, 4) is 5.69 Å². The molecule has 2 unspecified atom stereocenters. The van der Waals surface area contributed by atoms with Crippen molar-refractivity contribution in [1.29, 1.82) is 0 Å². The van der Waals surface area contributed by atoms with Crippen LogP contribution in [0, 0.1) is 5.82 Å². The van der Waals surface area contributed by atoms with Crippen LogP contribution in [0.2, 0.25) is 4.34 Å². The average molecular weight is 567 g/mol. The van der Waals surface area contributed by atoms with Crippen LogP contribution < -0.4 is 21.5 Å². The molecule has 0 bridgehead atoms. The van der Waals surface area contributed by atoms with Gasteiger partial charge in [0.1, 0.15) is 5.82 Å². The van der Waals surface area contributed by atoms with E-state index in [1.165, 1.54) is 40.3 Å². The first kappa shape index (κ1) is 29.0. The molecule has 202 valence electrons. The Morgan fingerprint density at radius 3 is 2.47 bits per heavy atom. The summed E-state index contributed by atoms with van der Waals surface area (Å²) in [5, 5.41) is 16.3. The number of nitrogens with zero attached hydrogens (tertiary/aromatic N) is 1. The van der Waals surface area contributed by atoms with E-state index in [0.717, 1.165) is 13.8 Å². The summed E-state index contributed by atoms with van der Waals surface area (Å²) < 4.78 is 28.3. The molecule has 13 heteroatoms. The van der Waals surface area contributed by atoms with Crippen LogP contribution in [-0.4, -0.2) is 51.8 Å². The van der Waals surface area contributed by atoms with Gasteiger partial charge in [0, 0.05) is 30.9 Å². The number of amides is 2. The molecule has 1 fully saturated rings. The van der Waals surface area contributed by atoms with Crippen molar-refractivity contribution in [2.45, 2.75) is 38.0 Å². The molecule has 0 saturated carbocycles. The van der Waals surface area contributed by atoms with Crippen molar-refractivity contribution < 1.29 is 28.3 Å². The van der Waals surface area contributed by atoms with Gasteiger partial charge in [0.25, 0.3) is 11.5 Å². The number of aliphatic carboxylic acids is 1. The van der Waals surface area contributed by atoms with Crippen molar-refractivity contribution in [2.75, 3.05) is 11.9 Å². The van der Waals surface area contributed by atoms with Crippen molar-refractivity contribution in [1.82, 2.24) is 15.2 Å². The number of alkyl halides is 1. The molecule has 0 spiro atoms. The summed E-state index contributed by atoms with van der Waals surface area (Å²) in [7, 11) is 0. The Labute approximate surface area is 225 Å². The fourth-order valence-electron chi connectivity index (χ4n) is 3.35. The molecule has 2 aromatic heterocycles. The number of rotatable bonds is 6. The Balaban J connectivity index is 0.000000505. The summed E-state index contributed by atoms with van der Waals surface area (Å²) in [5.74, 6) is -2.73. The van der Waals surface area contributed by atoms with Gasteiger partial charge < -0.3 is 21.1 Å². The SMILES string of the molecule is CC(C)(F)C(=O)O.O=C(NC1CNC(C(=O)Nc2ccc(-n3ccccc3=O)cc2F)C1)c1ccc(Cl)s1. The Kier molecular flexibility index (Phi) is 9.36. The van der Waals surface area contributed by atoms with E-state index < -0.39 is 29.4 Å². The standard InChI is InChI=1S/C21H18ClFN4O3S.C4H7FO2/c22-18-7-6-17(31-18)21(30)25-12-9-16(24-11-12)20(29)26-15-5-4-13(10-14(15)23)27-8-2-1-3-19(27)28;1-4(2,5)3(6)7/h1-8,10,12,16,24H,9,11H2,(H,25,30)(H,26,29);1-2H3,(H,6,7). The summed E-state index contributed by atoms with van der Waals surface area (Å²) in [4.78, 5) is 46.8. The first-order valence-corrected chi connectivity index (χ1v) is 12.5. The van der Waals surface area contributed by atoms with Crippen LogP contribution in [0.15, 0.2) is 59.5 Å². The van der Waals surface area contributed by atoms with E-state index in [-0.39, 0.29) is 23.2 Å². The zero-order chi connectivity index (χ0) is 28.0. The topological polar surface area (TPSA) is 130 Å². The highest BCUT2D eigenvalue weighted by Crippen LogP contribution is 2.22. The number of carboxylic acid groups (broad SMARTS) is 1. The number of nitrogens with one attached hydrogen (secondary N) is 3. The lowest BCUT2D eigenvalue weighted by molar-refractivity contribution is -0.148. The molecule has 4 N–H and O–H groups in total. The second-order valence-corrected chi connectivity index (χ2v) is 10.5. The lowest BCUT2D eigenvalue weighted by atomic mass is 10.1. The van der Waals surface area contributed by atoms with Gasteiger partial charge in [0.05, 0.1) is 26.6 Å². The van der Waals surface area contributed by atoms with Crippen LogP contribution in [0.3, 0.4) is 0 Å². The molecule has 1 aliphatic rings. The highest BCUT2D eigenvalue weighted by molar-refractivity contribution is 7.18. The Morgan fingerprint density at radius 2 is 1.89 bits per heavy atom. The predicted octanol–water partition coefficient (Wildman–Crippen LogP) is 3.61. The maximum atomic E-state index is 14.5. The lowest BCUT2D eigenvalue weighted by Crippen LogP contribution is -2.35. The zero-order valence-corrected chi connectivity index (χ0v) is 21.9. The summed E-state index contributed by atoms with van der Waals surface area (Å²) in [5.41, 5.74) is -2.00. The van der Waals surface area contributed by atoms with Gasteiger partial charge >= 0.3 is 5.97 Å². The number of carboxylic acids is 1. The van der Waals surface area contributed by atoms with Gasteiger partial charge in [-0.05, 0) is 50.6 Å². The number of anilines is 1. The number of halogens is 3. The molecule has 1 saturated heterocycles. The normalized spacial score (nSPS) is 16.8. The number of thiophene rings is 1. The number of hydrogen-bond acceptors (Lipinski definition) is 6. The number of pyridine rings is 1. The fraction of sp³-hybridized carbons (Fsp3) is 0.280. The first-order chi connectivity index (χ1) is 17.8. The second kappa shape index (κ2) is 12.3. The molecule has 9 nitrogen and oxygen atoms in total. The van der Waals surface area contributed by atoms with Gasteiger partial charge in [-0.25, -0.2) is 13.6 Å². The molecule has 0 aliphatic carbocycles. The van der Waals surface area contributed by atoms with Crippen molar-refractivity contribution in [3.05, 3.63) is 80.1 Å².